The highest BCUT2D eigenvalue weighted by Crippen LogP contribution is 2.23. The summed E-state index contributed by atoms with van der Waals surface area (Å²) in [7, 11) is 0. The Bertz CT molecular complexity index is 965. The Morgan fingerprint density at radius 2 is 1.74 bits per heavy atom. The number of alkyl halides is 3. The molecule has 0 aliphatic rings. The molecule has 1 aromatic heterocycles. The number of aliphatic hydroxyl groups is 1. The minimum atomic E-state index is -4.32. The lowest BCUT2D eigenvalue weighted by atomic mass is 10.1. The number of ether oxygens (including phenoxy) is 2. The van der Waals surface area contributed by atoms with Crippen molar-refractivity contribution in [3.63, 3.8) is 0 Å². The van der Waals surface area contributed by atoms with Crippen molar-refractivity contribution >= 4 is 17.4 Å². The molecule has 2 aromatic rings. The summed E-state index contributed by atoms with van der Waals surface area (Å²) in [4.78, 5) is 29.6. The molecule has 1 heterocycles. The molecule has 11 heteroatoms. The zero-order chi connectivity index (χ0) is 25.0. The molecule has 0 unspecified atom stereocenters. The zero-order valence-electron chi connectivity index (χ0n) is 18.7. The third-order valence-electron chi connectivity index (χ3n) is 4.77. The van der Waals surface area contributed by atoms with Crippen LogP contribution >= 0.6 is 11.6 Å². The number of aliphatic hydroxyl groups excluding tert-OH is 1. The number of carbonyl (C=O) groups is 1. The first kappa shape index (κ1) is 28.0. The highest BCUT2D eigenvalue weighted by molar-refractivity contribution is 6.30. The molecule has 0 bridgehead atoms. The monoisotopic (exact) mass is 504 g/mol. The second-order valence-corrected chi connectivity index (χ2v) is 7.98. The molecular weight excluding hydrogens is 477 g/mol. The number of carbonyl (C=O) groups excluding carboxylic acids is 1. The number of aryl methyl sites for hydroxylation is 1. The molecule has 0 saturated heterocycles. The average Bonchev–Trinajstić information content (AvgIpc) is 2.77. The molecule has 1 aromatic carbocycles. The van der Waals surface area contributed by atoms with Gasteiger partial charge >= 0.3 is 6.18 Å². The first-order valence-electron chi connectivity index (χ1n) is 10.9. The van der Waals surface area contributed by atoms with Crippen molar-refractivity contribution in [1.82, 2.24) is 9.55 Å². The fraction of sp³-hybridized carbons (Fsp3) is 0.522. The van der Waals surface area contributed by atoms with Gasteiger partial charge in [-0.1, -0.05) is 23.7 Å². The summed E-state index contributed by atoms with van der Waals surface area (Å²) in [6, 6.07) is 7.83. The first-order valence-corrected chi connectivity index (χ1v) is 11.3. The highest BCUT2D eigenvalue weighted by atomic mass is 35.5. The van der Waals surface area contributed by atoms with Crippen LogP contribution in [0.1, 0.15) is 31.5 Å². The van der Waals surface area contributed by atoms with E-state index in [4.69, 9.17) is 26.2 Å². The molecule has 0 aliphatic carbocycles. The predicted octanol–water partition coefficient (Wildman–Crippen LogP) is 3.82. The minimum absolute atomic E-state index is 0.0679. The molecule has 1 N–H and O–H groups in total. The first-order chi connectivity index (χ1) is 16.2. The SMILES string of the molecule is O=C(CCCOCCOCCO)Cn1c(CCCC(F)(F)F)nc(-c2ccc(Cl)cc2)cc1=O. The molecule has 0 atom stereocenters. The fourth-order valence-electron chi connectivity index (χ4n) is 3.14. The smallest absolute Gasteiger partial charge is 0.389 e. The number of halogens is 4. The van der Waals surface area contributed by atoms with Crippen LogP contribution in [0.4, 0.5) is 13.2 Å². The van der Waals surface area contributed by atoms with Crippen LogP contribution in [0.15, 0.2) is 35.1 Å². The summed E-state index contributed by atoms with van der Waals surface area (Å²) in [6.07, 6.45) is -5.11. The number of benzene rings is 1. The normalized spacial score (nSPS) is 11.7. The maximum Gasteiger partial charge on any atom is 0.389 e. The van der Waals surface area contributed by atoms with Crippen LogP contribution < -0.4 is 5.56 Å². The standard InChI is InChI=1S/C23H28ClF3N2O5/c24-18-7-5-17(6-8-18)20-15-22(32)29(21(28-20)4-1-9-23(25,26)27)16-19(31)3-2-11-33-13-14-34-12-10-30/h5-8,15,30H,1-4,9-14,16H2. The second kappa shape index (κ2) is 14.2. The summed E-state index contributed by atoms with van der Waals surface area (Å²) >= 11 is 5.89. The van der Waals surface area contributed by atoms with Crippen molar-refractivity contribution in [2.24, 2.45) is 0 Å². The fourth-order valence-corrected chi connectivity index (χ4v) is 3.27. The van der Waals surface area contributed by atoms with Gasteiger partial charge in [0, 0.05) is 42.5 Å². The van der Waals surface area contributed by atoms with E-state index in [0.717, 1.165) is 4.57 Å². The number of rotatable bonds is 15. The van der Waals surface area contributed by atoms with Gasteiger partial charge in [0.25, 0.3) is 5.56 Å². The zero-order valence-corrected chi connectivity index (χ0v) is 19.4. The number of Topliss-reactive ketones (excluding diaryl/α,β-unsaturated/α-hetero) is 1. The lowest BCUT2D eigenvalue weighted by Gasteiger charge is -2.14. The van der Waals surface area contributed by atoms with Crippen LogP contribution in [0.3, 0.4) is 0 Å². The predicted molar refractivity (Wildman–Crippen MR) is 121 cm³/mol. The molecule has 2 rings (SSSR count). The lowest BCUT2D eigenvalue weighted by molar-refractivity contribution is -0.135. The van der Waals surface area contributed by atoms with Gasteiger partial charge in [-0.2, -0.15) is 13.2 Å². The Kier molecular flexibility index (Phi) is 11.7. The topological polar surface area (TPSA) is 90.7 Å². The van der Waals surface area contributed by atoms with Gasteiger partial charge in [0.1, 0.15) is 5.82 Å². The van der Waals surface area contributed by atoms with E-state index in [0.29, 0.717) is 42.5 Å². The van der Waals surface area contributed by atoms with Crippen LogP contribution in [-0.4, -0.2) is 59.7 Å². The Labute approximate surface area is 200 Å². The summed E-state index contributed by atoms with van der Waals surface area (Å²) in [5, 5.41) is 9.10. The second-order valence-electron chi connectivity index (χ2n) is 7.55. The molecule has 188 valence electrons. The van der Waals surface area contributed by atoms with E-state index in [-0.39, 0.29) is 50.6 Å². The van der Waals surface area contributed by atoms with Crippen molar-refractivity contribution in [3.05, 3.63) is 51.5 Å². The Balaban J connectivity index is 2.04. The van der Waals surface area contributed by atoms with E-state index in [2.05, 4.69) is 4.98 Å². The van der Waals surface area contributed by atoms with Crippen molar-refractivity contribution in [2.75, 3.05) is 33.0 Å². The van der Waals surface area contributed by atoms with Crippen LogP contribution in [0.2, 0.25) is 5.02 Å². The largest absolute Gasteiger partial charge is 0.394 e. The molecule has 0 amide bonds. The van der Waals surface area contributed by atoms with E-state index in [1.54, 1.807) is 24.3 Å². The molecule has 0 spiro atoms. The van der Waals surface area contributed by atoms with E-state index < -0.39 is 18.2 Å². The van der Waals surface area contributed by atoms with Gasteiger partial charge in [-0.25, -0.2) is 4.98 Å². The van der Waals surface area contributed by atoms with Crippen LogP contribution in [0.5, 0.6) is 0 Å². The molecule has 0 radical (unpaired) electrons. The maximum absolute atomic E-state index is 12.8. The van der Waals surface area contributed by atoms with Gasteiger partial charge in [-0.3, -0.25) is 14.2 Å². The van der Waals surface area contributed by atoms with E-state index in [1.807, 2.05) is 0 Å². The Hall–Kier alpha value is -2.27. The van der Waals surface area contributed by atoms with Crippen molar-refractivity contribution in [1.29, 1.82) is 0 Å². The van der Waals surface area contributed by atoms with Gasteiger partial charge < -0.3 is 14.6 Å². The number of nitrogens with zero attached hydrogens (tertiary/aromatic N) is 2. The molecule has 0 fully saturated rings. The van der Waals surface area contributed by atoms with Gasteiger partial charge in [0.15, 0.2) is 5.78 Å². The average molecular weight is 505 g/mol. The highest BCUT2D eigenvalue weighted by Gasteiger charge is 2.26. The van der Waals surface area contributed by atoms with Crippen molar-refractivity contribution < 1.29 is 32.5 Å². The number of hydrogen-bond donors (Lipinski definition) is 1. The molecule has 0 saturated carbocycles. The summed E-state index contributed by atoms with van der Waals surface area (Å²) in [5.41, 5.74) is 0.397. The van der Waals surface area contributed by atoms with Gasteiger partial charge in [-0.05, 0) is 25.0 Å². The molecule has 0 aliphatic heterocycles. The quantitative estimate of drug-likeness (QED) is 0.371. The Morgan fingerprint density at radius 1 is 1.06 bits per heavy atom. The number of ketones is 1. The van der Waals surface area contributed by atoms with Gasteiger partial charge in [-0.15, -0.1) is 0 Å². The lowest BCUT2D eigenvalue weighted by Crippen LogP contribution is -2.28. The van der Waals surface area contributed by atoms with Crippen molar-refractivity contribution in [2.45, 2.75) is 44.8 Å². The maximum atomic E-state index is 12.8. The van der Waals surface area contributed by atoms with E-state index in [9.17, 15) is 22.8 Å². The van der Waals surface area contributed by atoms with Gasteiger partial charge in [0.05, 0.1) is 38.7 Å². The van der Waals surface area contributed by atoms with Crippen LogP contribution in [0.25, 0.3) is 11.3 Å². The number of aromatic nitrogens is 2. The van der Waals surface area contributed by atoms with Crippen molar-refractivity contribution in [3.8, 4) is 11.3 Å². The molecule has 34 heavy (non-hydrogen) atoms. The minimum Gasteiger partial charge on any atom is -0.394 e. The molecule has 7 nitrogen and oxygen atoms in total. The summed E-state index contributed by atoms with van der Waals surface area (Å²) < 4.78 is 49.4. The van der Waals surface area contributed by atoms with Gasteiger partial charge in [0.2, 0.25) is 0 Å². The van der Waals surface area contributed by atoms with Crippen LogP contribution in [0, 0.1) is 0 Å². The van der Waals surface area contributed by atoms with E-state index in [1.165, 1.54) is 6.07 Å². The third kappa shape index (κ3) is 10.3. The Morgan fingerprint density at radius 3 is 2.38 bits per heavy atom. The number of hydrogen-bond acceptors (Lipinski definition) is 6. The summed E-state index contributed by atoms with van der Waals surface area (Å²) in [5.74, 6) is -0.118. The van der Waals surface area contributed by atoms with E-state index >= 15 is 0 Å². The molecular formula is C23H28ClF3N2O5. The van der Waals surface area contributed by atoms with Crippen LogP contribution in [-0.2, 0) is 27.2 Å². The third-order valence-corrected chi connectivity index (χ3v) is 5.03. The summed E-state index contributed by atoms with van der Waals surface area (Å²) in [6.45, 7) is 0.862.